The number of hydrogen-bond acceptors (Lipinski definition) is 4. The van der Waals surface area contributed by atoms with Gasteiger partial charge in [0.1, 0.15) is 5.82 Å². The van der Waals surface area contributed by atoms with E-state index in [1.807, 2.05) is 0 Å². The molecule has 1 aromatic heterocycles. The third kappa shape index (κ3) is 4.59. The Balaban J connectivity index is 1.23. The summed E-state index contributed by atoms with van der Waals surface area (Å²) in [6.07, 6.45) is 2.77. The van der Waals surface area contributed by atoms with E-state index in [1.54, 1.807) is 0 Å². The number of imidazole rings is 1. The summed E-state index contributed by atoms with van der Waals surface area (Å²) in [5.74, 6) is 1.19. The molecule has 0 aliphatic carbocycles. The Labute approximate surface area is 179 Å². The van der Waals surface area contributed by atoms with Crippen LogP contribution in [0.1, 0.15) is 24.2 Å². The van der Waals surface area contributed by atoms with Gasteiger partial charge in [0.15, 0.2) is 0 Å². The molecule has 0 bridgehead atoms. The molecule has 2 saturated heterocycles. The van der Waals surface area contributed by atoms with E-state index in [4.69, 9.17) is 4.98 Å². The summed E-state index contributed by atoms with van der Waals surface area (Å²) in [7, 11) is 0. The highest BCUT2D eigenvalue weighted by atomic mass is 15.3. The highest BCUT2D eigenvalue weighted by molar-refractivity contribution is 5.76. The van der Waals surface area contributed by atoms with Gasteiger partial charge in [-0.1, -0.05) is 42.5 Å². The van der Waals surface area contributed by atoms with Gasteiger partial charge in [-0.05, 0) is 43.6 Å². The van der Waals surface area contributed by atoms with E-state index in [1.165, 1.54) is 69.0 Å². The van der Waals surface area contributed by atoms with E-state index in [0.717, 1.165) is 31.7 Å². The minimum atomic E-state index is 0.881. The second kappa shape index (κ2) is 9.29. The first-order valence-corrected chi connectivity index (χ1v) is 11.5. The second-order valence-corrected chi connectivity index (χ2v) is 8.76. The largest absolute Gasteiger partial charge is 0.322 e. The van der Waals surface area contributed by atoms with E-state index < -0.39 is 0 Å². The molecule has 3 aromatic rings. The average Bonchev–Trinajstić information content (AvgIpc) is 3.43. The van der Waals surface area contributed by atoms with E-state index in [0.29, 0.717) is 0 Å². The zero-order valence-corrected chi connectivity index (χ0v) is 17.9. The number of nitrogens with zero attached hydrogens (tertiary/aromatic N) is 5. The molecule has 2 aliphatic rings. The van der Waals surface area contributed by atoms with Crippen molar-refractivity contribution in [2.75, 3.05) is 52.4 Å². The summed E-state index contributed by atoms with van der Waals surface area (Å²) < 4.78 is 2.41. The van der Waals surface area contributed by atoms with Gasteiger partial charge in [-0.15, -0.1) is 0 Å². The highest BCUT2D eigenvalue weighted by Crippen LogP contribution is 2.20. The molecule has 0 N–H and O–H groups in total. The van der Waals surface area contributed by atoms with Gasteiger partial charge in [0.2, 0.25) is 0 Å². The van der Waals surface area contributed by atoms with Gasteiger partial charge in [0, 0.05) is 45.8 Å². The van der Waals surface area contributed by atoms with Gasteiger partial charge in [-0.2, -0.15) is 0 Å². The van der Waals surface area contributed by atoms with Crippen LogP contribution in [0.2, 0.25) is 0 Å². The highest BCUT2D eigenvalue weighted by Gasteiger charge is 2.21. The number of piperazine rings is 1. The summed E-state index contributed by atoms with van der Waals surface area (Å²) in [6.45, 7) is 11.5. The maximum Gasteiger partial charge on any atom is 0.124 e. The van der Waals surface area contributed by atoms with Crippen LogP contribution in [0.15, 0.2) is 54.6 Å². The molecular formula is C25H33N5. The Morgan fingerprint density at radius 3 is 2.03 bits per heavy atom. The van der Waals surface area contributed by atoms with Crippen molar-refractivity contribution in [2.24, 2.45) is 0 Å². The number of fused-ring (bicyclic) bond motifs is 1. The van der Waals surface area contributed by atoms with Crippen molar-refractivity contribution in [1.82, 2.24) is 24.3 Å². The minimum Gasteiger partial charge on any atom is -0.322 e. The Morgan fingerprint density at radius 1 is 0.633 bits per heavy atom. The fourth-order valence-corrected chi connectivity index (χ4v) is 4.85. The molecule has 2 aliphatic heterocycles. The quantitative estimate of drug-likeness (QED) is 0.605. The van der Waals surface area contributed by atoms with Crippen molar-refractivity contribution in [3.63, 3.8) is 0 Å². The number of aromatic nitrogens is 2. The topological polar surface area (TPSA) is 27.5 Å². The lowest BCUT2D eigenvalue weighted by molar-refractivity contribution is 0.115. The second-order valence-electron chi connectivity index (χ2n) is 8.76. The number of likely N-dealkylation sites (tertiary alicyclic amines) is 1. The van der Waals surface area contributed by atoms with Crippen LogP contribution in [-0.2, 0) is 13.1 Å². The minimum absolute atomic E-state index is 0.881. The molecule has 0 saturated carbocycles. The number of rotatable bonds is 7. The van der Waals surface area contributed by atoms with Crippen molar-refractivity contribution in [3.05, 3.63) is 66.0 Å². The lowest BCUT2D eigenvalue weighted by Gasteiger charge is -2.35. The monoisotopic (exact) mass is 403 g/mol. The van der Waals surface area contributed by atoms with Gasteiger partial charge in [-0.3, -0.25) is 9.80 Å². The van der Waals surface area contributed by atoms with Crippen molar-refractivity contribution in [3.8, 4) is 0 Å². The van der Waals surface area contributed by atoms with Crippen LogP contribution in [-0.4, -0.2) is 76.6 Å². The van der Waals surface area contributed by atoms with E-state index in [2.05, 4.69) is 73.9 Å². The lowest BCUT2D eigenvalue weighted by atomic mass is 10.2. The van der Waals surface area contributed by atoms with Crippen molar-refractivity contribution < 1.29 is 0 Å². The first-order chi connectivity index (χ1) is 14.8. The third-order valence-corrected chi connectivity index (χ3v) is 6.68. The molecule has 5 nitrogen and oxygen atoms in total. The molecule has 30 heavy (non-hydrogen) atoms. The van der Waals surface area contributed by atoms with Gasteiger partial charge in [0.05, 0.1) is 17.6 Å². The number of para-hydroxylation sites is 2. The molecule has 0 amide bonds. The standard InChI is InChI=1S/C25H33N5/c1-2-8-22(9-3-1)20-30-24-11-5-4-10-23(24)26-25(30)21-29-18-16-28(17-19-29)15-14-27-12-6-7-13-27/h1-5,8-11H,6-7,12-21H2. The van der Waals surface area contributed by atoms with Crippen molar-refractivity contribution in [1.29, 1.82) is 0 Å². The van der Waals surface area contributed by atoms with Crippen LogP contribution in [0.5, 0.6) is 0 Å². The van der Waals surface area contributed by atoms with Crippen LogP contribution in [0.3, 0.4) is 0 Å². The third-order valence-electron chi connectivity index (χ3n) is 6.68. The normalized spacial score (nSPS) is 19.1. The Bertz CT molecular complexity index is 937. The lowest BCUT2D eigenvalue weighted by Crippen LogP contribution is -2.48. The summed E-state index contributed by atoms with van der Waals surface area (Å²) in [5.41, 5.74) is 3.67. The molecule has 0 spiro atoms. The zero-order valence-electron chi connectivity index (χ0n) is 17.9. The molecule has 3 heterocycles. The molecule has 158 valence electrons. The van der Waals surface area contributed by atoms with Gasteiger partial charge in [-0.25, -0.2) is 4.98 Å². The first kappa shape index (κ1) is 19.7. The fourth-order valence-electron chi connectivity index (χ4n) is 4.85. The predicted octanol–water partition coefficient (Wildman–Crippen LogP) is 3.30. The fraction of sp³-hybridized carbons (Fsp3) is 0.480. The molecule has 2 fully saturated rings. The predicted molar refractivity (Wildman–Crippen MR) is 123 cm³/mol. The van der Waals surface area contributed by atoms with Crippen LogP contribution < -0.4 is 0 Å². The van der Waals surface area contributed by atoms with Gasteiger partial charge in [0.25, 0.3) is 0 Å². The Hall–Kier alpha value is -2.21. The van der Waals surface area contributed by atoms with Crippen LogP contribution in [0.4, 0.5) is 0 Å². The number of benzene rings is 2. The summed E-state index contributed by atoms with van der Waals surface area (Å²) in [6, 6.07) is 19.3. The number of hydrogen-bond donors (Lipinski definition) is 0. The van der Waals surface area contributed by atoms with E-state index in [-0.39, 0.29) is 0 Å². The van der Waals surface area contributed by atoms with E-state index >= 15 is 0 Å². The van der Waals surface area contributed by atoms with Crippen LogP contribution in [0, 0.1) is 0 Å². The summed E-state index contributed by atoms with van der Waals surface area (Å²) in [4.78, 5) is 12.9. The Kier molecular flexibility index (Phi) is 6.11. The van der Waals surface area contributed by atoms with E-state index in [9.17, 15) is 0 Å². The van der Waals surface area contributed by atoms with Gasteiger partial charge < -0.3 is 9.47 Å². The SMILES string of the molecule is c1ccc(Cn2c(CN3CCN(CCN4CCCC4)CC3)nc3ccccc32)cc1. The molecule has 0 atom stereocenters. The van der Waals surface area contributed by atoms with Gasteiger partial charge >= 0.3 is 0 Å². The van der Waals surface area contributed by atoms with Crippen LogP contribution >= 0.6 is 0 Å². The summed E-state index contributed by atoms with van der Waals surface area (Å²) >= 11 is 0. The van der Waals surface area contributed by atoms with Crippen LogP contribution in [0.25, 0.3) is 11.0 Å². The molecule has 0 unspecified atom stereocenters. The maximum absolute atomic E-state index is 5.01. The molecular weight excluding hydrogens is 370 g/mol. The molecule has 2 aromatic carbocycles. The van der Waals surface area contributed by atoms with Crippen molar-refractivity contribution in [2.45, 2.75) is 25.9 Å². The average molecular weight is 404 g/mol. The molecule has 5 rings (SSSR count). The van der Waals surface area contributed by atoms with Crippen molar-refractivity contribution >= 4 is 11.0 Å². The summed E-state index contributed by atoms with van der Waals surface area (Å²) in [5, 5.41) is 0. The smallest absolute Gasteiger partial charge is 0.124 e. The molecule has 5 heteroatoms. The first-order valence-electron chi connectivity index (χ1n) is 11.5. The molecule has 0 radical (unpaired) electrons. The maximum atomic E-state index is 5.01. The Morgan fingerprint density at radius 2 is 1.27 bits per heavy atom. The zero-order chi connectivity index (χ0) is 20.2.